The Kier molecular flexibility index (Phi) is 53.9. The van der Waals surface area contributed by atoms with Crippen LogP contribution >= 0.6 is 0 Å². The first-order valence-corrected chi connectivity index (χ1v) is 28.7. The molecule has 0 heterocycles. The van der Waals surface area contributed by atoms with Gasteiger partial charge in [0.1, 0.15) is 13.2 Å². The number of allylic oxidation sites excluding steroid dienone is 16. The van der Waals surface area contributed by atoms with Crippen molar-refractivity contribution in [3.05, 3.63) is 97.2 Å². The molecule has 0 saturated heterocycles. The summed E-state index contributed by atoms with van der Waals surface area (Å²) in [4.78, 5) is 38.2. The number of hydrogen-bond donors (Lipinski definition) is 0. The van der Waals surface area contributed by atoms with Crippen LogP contribution in [0.1, 0.15) is 265 Å². The quantitative estimate of drug-likeness (QED) is 0.0262. The first-order valence-electron chi connectivity index (χ1n) is 28.7. The minimum absolute atomic E-state index is 0.0924. The zero-order chi connectivity index (χ0) is 50.0. The average Bonchev–Trinajstić information content (AvgIpc) is 3.35. The zero-order valence-electron chi connectivity index (χ0n) is 45.0. The van der Waals surface area contributed by atoms with Crippen LogP contribution in [0.2, 0.25) is 0 Å². The standard InChI is InChI=1S/C63H106O6/c1-4-7-10-13-16-19-22-25-27-29-31-33-35-38-41-44-47-50-53-56-62(65)68-59-60(58-67-61(64)55-52-49-46-43-40-37-24-21-18-15-12-9-6-3)69-63(66)57-54-51-48-45-42-39-36-34-32-30-28-26-23-20-17-14-11-8-5-2/h7,10,16-17,19-20,25-28,31-34,38,41,60H,4-6,8-9,11-15,18,21-24,29-30,35-37,39-40,42-59H2,1-3H3/b10-7-,19-16-,20-17-,27-25-,28-26-,33-31-,34-32-,41-38-/t60-/m1/s1. The topological polar surface area (TPSA) is 78.9 Å². The van der Waals surface area contributed by atoms with Gasteiger partial charge in [0.2, 0.25) is 0 Å². The van der Waals surface area contributed by atoms with Gasteiger partial charge in [-0.1, -0.05) is 240 Å². The molecule has 0 radical (unpaired) electrons. The summed E-state index contributed by atoms with van der Waals surface area (Å²) >= 11 is 0. The van der Waals surface area contributed by atoms with Crippen LogP contribution < -0.4 is 0 Å². The smallest absolute Gasteiger partial charge is 0.306 e. The summed E-state index contributed by atoms with van der Waals surface area (Å²) in [7, 11) is 0. The molecule has 0 spiro atoms. The monoisotopic (exact) mass is 959 g/mol. The predicted molar refractivity (Wildman–Crippen MR) is 297 cm³/mol. The molecule has 0 amide bonds. The summed E-state index contributed by atoms with van der Waals surface area (Å²) in [6.07, 6.45) is 75.3. The Hall–Kier alpha value is -3.67. The lowest BCUT2D eigenvalue weighted by atomic mass is 10.0. The third-order valence-electron chi connectivity index (χ3n) is 12.1. The van der Waals surface area contributed by atoms with E-state index in [2.05, 4.69) is 118 Å². The number of rotatable bonds is 51. The van der Waals surface area contributed by atoms with Crippen LogP contribution in [0.5, 0.6) is 0 Å². The highest BCUT2D eigenvalue weighted by molar-refractivity contribution is 5.71. The lowest BCUT2D eigenvalue weighted by Gasteiger charge is -2.18. The first-order chi connectivity index (χ1) is 34.0. The van der Waals surface area contributed by atoms with E-state index >= 15 is 0 Å². The average molecular weight is 960 g/mol. The Bertz CT molecular complexity index is 1380. The fraction of sp³-hybridized carbons (Fsp3) is 0.698. The molecule has 6 heteroatoms. The van der Waals surface area contributed by atoms with E-state index in [0.717, 1.165) is 122 Å². The van der Waals surface area contributed by atoms with E-state index in [1.54, 1.807) is 0 Å². The maximum Gasteiger partial charge on any atom is 0.306 e. The van der Waals surface area contributed by atoms with Crippen LogP contribution in [0.3, 0.4) is 0 Å². The molecular formula is C63H106O6. The van der Waals surface area contributed by atoms with Crippen molar-refractivity contribution in [2.24, 2.45) is 0 Å². The molecule has 0 aromatic carbocycles. The first kappa shape index (κ1) is 65.3. The molecule has 0 aromatic rings. The highest BCUT2D eigenvalue weighted by atomic mass is 16.6. The molecule has 0 aliphatic heterocycles. The third-order valence-corrected chi connectivity index (χ3v) is 12.1. The second-order valence-corrected chi connectivity index (χ2v) is 18.8. The lowest BCUT2D eigenvalue weighted by molar-refractivity contribution is -0.167. The van der Waals surface area contributed by atoms with E-state index in [4.69, 9.17) is 14.2 Å². The van der Waals surface area contributed by atoms with Crippen molar-refractivity contribution in [2.45, 2.75) is 271 Å². The lowest BCUT2D eigenvalue weighted by Crippen LogP contribution is -2.30. The number of ether oxygens (including phenoxy) is 3. The molecule has 0 rings (SSSR count). The zero-order valence-corrected chi connectivity index (χ0v) is 45.0. The Balaban J connectivity index is 4.46. The third kappa shape index (κ3) is 55.1. The van der Waals surface area contributed by atoms with Crippen molar-refractivity contribution in [3.8, 4) is 0 Å². The fourth-order valence-electron chi connectivity index (χ4n) is 7.77. The largest absolute Gasteiger partial charge is 0.462 e. The Morgan fingerprint density at radius 1 is 0.304 bits per heavy atom. The van der Waals surface area contributed by atoms with Crippen molar-refractivity contribution in [2.75, 3.05) is 13.2 Å². The summed E-state index contributed by atoms with van der Waals surface area (Å²) in [5, 5.41) is 0. The van der Waals surface area contributed by atoms with E-state index < -0.39 is 6.10 Å². The Morgan fingerprint density at radius 3 is 0.928 bits per heavy atom. The predicted octanol–water partition coefficient (Wildman–Crippen LogP) is 19.3. The van der Waals surface area contributed by atoms with Gasteiger partial charge in [0.15, 0.2) is 6.10 Å². The Morgan fingerprint density at radius 2 is 0.565 bits per heavy atom. The number of carbonyl (C=O) groups is 3. The molecule has 6 nitrogen and oxygen atoms in total. The number of esters is 3. The van der Waals surface area contributed by atoms with Crippen LogP contribution in [-0.2, 0) is 28.6 Å². The van der Waals surface area contributed by atoms with Gasteiger partial charge in [-0.05, 0) is 103 Å². The van der Waals surface area contributed by atoms with E-state index in [1.165, 1.54) is 103 Å². The van der Waals surface area contributed by atoms with Gasteiger partial charge >= 0.3 is 17.9 Å². The van der Waals surface area contributed by atoms with Gasteiger partial charge in [0, 0.05) is 19.3 Å². The number of hydrogen-bond acceptors (Lipinski definition) is 6. The summed E-state index contributed by atoms with van der Waals surface area (Å²) in [6.45, 7) is 6.47. The van der Waals surface area contributed by atoms with Crippen LogP contribution in [0.25, 0.3) is 0 Å². The van der Waals surface area contributed by atoms with E-state index in [1.807, 2.05) is 0 Å². The van der Waals surface area contributed by atoms with E-state index in [9.17, 15) is 14.4 Å². The van der Waals surface area contributed by atoms with Crippen molar-refractivity contribution >= 4 is 17.9 Å². The Labute approximate surface area is 426 Å². The molecular weight excluding hydrogens is 853 g/mol. The molecule has 1 atom stereocenters. The SMILES string of the molecule is CC/C=C\C/C=C\C/C=C\C/C=C\C/C=C\CCCCCC(=O)OC[C@@H](COC(=O)CCCCCCCCCCCCCCC)OC(=O)CCCCCCCC/C=C\C/C=C\C/C=C\CCCCC. The van der Waals surface area contributed by atoms with E-state index in [0.29, 0.717) is 19.3 Å². The summed E-state index contributed by atoms with van der Waals surface area (Å²) in [5.74, 6) is -0.935. The molecule has 0 bridgehead atoms. The van der Waals surface area contributed by atoms with Crippen molar-refractivity contribution in [1.29, 1.82) is 0 Å². The molecule has 0 unspecified atom stereocenters. The van der Waals surface area contributed by atoms with Crippen molar-refractivity contribution < 1.29 is 28.6 Å². The highest BCUT2D eigenvalue weighted by Gasteiger charge is 2.19. The van der Waals surface area contributed by atoms with Gasteiger partial charge in [-0.3, -0.25) is 14.4 Å². The van der Waals surface area contributed by atoms with Gasteiger partial charge in [-0.2, -0.15) is 0 Å². The number of unbranched alkanes of at least 4 members (excludes halogenated alkanes) is 24. The highest BCUT2D eigenvalue weighted by Crippen LogP contribution is 2.15. The van der Waals surface area contributed by atoms with Crippen LogP contribution in [0, 0.1) is 0 Å². The molecule has 69 heavy (non-hydrogen) atoms. The van der Waals surface area contributed by atoms with Gasteiger partial charge in [0.25, 0.3) is 0 Å². The number of carbonyl (C=O) groups excluding carboxylic acids is 3. The summed E-state index contributed by atoms with van der Waals surface area (Å²) in [5.41, 5.74) is 0. The van der Waals surface area contributed by atoms with Crippen LogP contribution in [-0.4, -0.2) is 37.2 Å². The molecule has 0 saturated carbocycles. The van der Waals surface area contributed by atoms with Gasteiger partial charge in [-0.15, -0.1) is 0 Å². The molecule has 0 N–H and O–H groups in total. The minimum atomic E-state index is -0.798. The van der Waals surface area contributed by atoms with E-state index in [-0.39, 0.29) is 31.1 Å². The minimum Gasteiger partial charge on any atom is -0.462 e. The maximum atomic E-state index is 12.9. The summed E-state index contributed by atoms with van der Waals surface area (Å²) in [6, 6.07) is 0. The molecule has 0 aliphatic rings. The van der Waals surface area contributed by atoms with Gasteiger partial charge < -0.3 is 14.2 Å². The second-order valence-electron chi connectivity index (χ2n) is 18.8. The molecule has 0 aromatic heterocycles. The van der Waals surface area contributed by atoms with Crippen molar-refractivity contribution in [3.63, 3.8) is 0 Å². The van der Waals surface area contributed by atoms with Gasteiger partial charge in [0.05, 0.1) is 0 Å². The molecule has 0 fully saturated rings. The second kappa shape index (κ2) is 56.9. The fourth-order valence-corrected chi connectivity index (χ4v) is 7.77. The van der Waals surface area contributed by atoms with Crippen molar-refractivity contribution in [1.82, 2.24) is 0 Å². The maximum absolute atomic E-state index is 12.9. The normalized spacial score (nSPS) is 12.8. The molecule has 0 aliphatic carbocycles. The van der Waals surface area contributed by atoms with Gasteiger partial charge in [-0.25, -0.2) is 0 Å². The van der Waals surface area contributed by atoms with Crippen LogP contribution in [0.15, 0.2) is 97.2 Å². The summed E-state index contributed by atoms with van der Waals surface area (Å²) < 4.78 is 16.8. The molecule has 394 valence electrons. The van der Waals surface area contributed by atoms with Crippen LogP contribution in [0.4, 0.5) is 0 Å².